The SMILES string of the molecule is CCCCCCCCCCC(CCCCCCCCC)(CCCCCCCC(C)=O)CCCCCCCC(=O)OCCN(C)CCOC. The number of carbonyl (C=O) groups excluding carboxylic acids is 2. The predicted molar refractivity (Wildman–Crippen MR) is 208 cm³/mol. The fourth-order valence-electron chi connectivity index (χ4n) is 7.29. The van der Waals surface area contributed by atoms with Gasteiger partial charge in [-0.05, 0) is 57.9 Å². The van der Waals surface area contributed by atoms with Crippen LogP contribution in [0.2, 0.25) is 0 Å². The predicted octanol–water partition coefficient (Wildman–Crippen LogP) is 12.8. The zero-order valence-electron chi connectivity index (χ0n) is 33.3. The molecule has 0 radical (unpaired) electrons. The van der Waals surface area contributed by atoms with Crippen LogP contribution >= 0.6 is 0 Å². The van der Waals surface area contributed by atoms with Gasteiger partial charge in [0.1, 0.15) is 12.4 Å². The van der Waals surface area contributed by atoms with E-state index in [0.717, 1.165) is 38.8 Å². The van der Waals surface area contributed by atoms with E-state index in [0.29, 0.717) is 30.8 Å². The number of Topliss-reactive ketones (excluding diaryl/α,β-unsaturated/α-hetero) is 1. The number of hydrogen-bond acceptors (Lipinski definition) is 5. The van der Waals surface area contributed by atoms with Gasteiger partial charge in [-0.15, -0.1) is 0 Å². The van der Waals surface area contributed by atoms with E-state index in [1.807, 2.05) is 7.05 Å². The van der Waals surface area contributed by atoms with Crippen LogP contribution in [-0.2, 0) is 19.1 Å². The third kappa shape index (κ3) is 32.3. The van der Waals surface area contributed by atoms with Crippen molar-refractivity contribution in [3.63, 3.8) is 0 Å². The molecule has 0 aromatic rings. The fourth-order valence-corrected chi connectivity index (χ4v) is 7.29. The maximum atomic E-state index is 12.2. The number of nitrogens with zero attached hydrogens (tertiary/aromatic N) is 1. The summed E-state index contributed by atoms with van der Waals surface area (Å²) >= 11 is 0. The summed E-state index contributed by atoms with van der Waals surface area (Å²) in [5.41, 5.74) is 0.519. The van der Waals surface area contributed by atoms with E-state index >= 15 is 0 Å². The minimum atomic E-state index is -0.0458. The Kier molecular flexibility index (Phi) is 35.2. The summed E-state index contributed by atoms with van der Waals surface area (Å²) < 4.78 is 10.6. The normalized spacial score (nSPS) is 12.9. The molecule has 1 atom stereocenters. The van der Waals surface area contributed by atoms with Gasteiger partial charge in [0.25, 0.3) is 0 Å². The number of methoxy groups -OCH3 is 1. The number of carbonyl (C=O) groups is 2. The van der Waals surface area contributed by atoms with Crippen LogP contribution < -0.4 is 0 Å². The van der Waals surface area contributed by atoms with Crippen molar-refractivity contribution >= 4 is 11.8 Å². The summed E-state index contributed by atoms with van der Waals surface area (Å²) in [5.74, 6) is 0.293. The van der Waals surface area contributed by atoms with Gasteiger partial charge in [0, 0.05) is 33.0 Å². The highest BCUT2D eigenvalue weighted by Crippen LogP contribution is 2.42. The molecule has 0 saturated carbocycles. The average molecular weight is 680 g/mol. The Bertz CT molecular complexity index is 698. The highest BCUT2D eigenvalue weighted by Gasteiger charge is 2.28. The van der Waals surface area contributed by atoms with E-state index in [4.69, 9.17) is 9.47 Å². The van der Waals surface area contributed by atoms with Gasteiger partial charge >= 0.3 is 5.97 Å². The van der Waals surface area contributed by atoms with Gasteiger partial charge in [-0.3, -0.25) is 4.79 Å². The summed E-state index contributed by atoms with van der Waals surface area (Å²) in [6.45, 7) is 9.13. The van der Waals surface area contributed by atoms with E-state index in [-0.39, 0.29) is 5.97 Å². The molecule has 1 unspecified atom stereocenters. The largest absolute Gasteiger partial charge is 0.464 e. The molecule has 0 aromatic heterocycles. The number of hydrogen-bond donors (Lipinski definition) is 0. The first kappa shape index (κ1) is 47.1. The van der Waals surface area contributed by atoms with Crippen molar-refractivity contribution in [1.29, 1.82) is 0 Å². The molecular weight excluding hydrogens is 594 g/mol. The van der Waals surface area contributed by atoms with E-state index in [1.165, 1.54) is 167 Å². The van der Waals surface area contributed by atoms with Crippen molar-refractivity contribution in [2.45, 2.75) is 220 Å². The van der Waals surface area contributed by atoms with Crippen molar-refractivity contribution in [3.8, 4) is 0 Å². The van der Waals surface area contributed by atoms with Crippen molar-refractivity contribution in [3.05, 3.63) is 0 Å². The molecule has 48 heavy (non-hydrogen) atoms. The van der Waals surface area contributed by atoms with E-state index in [2.05, 4.69) is 18.7 Å². The van der Waals surface area contributed by atoms with Gasteiger partial charge in [-0.25, -0.2) is 0 Å². The molecule has 0 aliphatic carbocycles. The van der Waals surface area contributed by atoms with Crippen LogP contribution in [0.15, 0.2) is 0 Å². The highest BCUT2D eigenvalue weighted by molar-refractivity contribution is 5.75. The van der Waals surface area contributed by atoms with Crippen LogP contribution in [0.1, 0.15) is 220 Å². The Morgan fingerprint density at radius 3 is 1.25 bits per heavy atom. The van der Waals surface area contributed by atoms with Crippen molar-refractivity contribution < 1.29 is 19.1 Å². The highest BCUT2D eigenvalue weighted by atomic mass is 16.5. The molecule has 0 bridgehead atoms. The summed E-state index contributed by atoms with van der Waals surface area (Å²) in [5, 5.41) is 0. The van der Waals surface area contributed by atoms with Crippen LogP contribution in [-0.4, -0.2) is 57.1 Å². The number of ether oxygens (including phenoxy) is 2. The summed E-state index contributed by atoms with van der Waals surface area (Å²) in [4.78, 5) is 25.7. The number of likely N-dealkylation sites (N-methyl/N-ethyl adjacent to an activating group) is 1. The van der Waals surface area contributed by atoms with Crippen molar-refractivity contribution in [2.24, 2.45) is 5.41 Å². The second kappa shape index (κ2) is 35.9. The Morgan fingerprint density at radius 2 is 0.854 bits per heavy atom. The molecule has 0 heterocycles. The minimum absolute atomic E-state index is 0.0458. The molecule has 5 heteroatoms. The lowest BCUT2D eigenvalue weighted by molar-refractivity contribution is -0.144. The molecule has 0 saturated heterocycles. The van der Waals surface area contributed by atoms with Crippen molar-refractivity contribution in [1.82, 2.24) is 4.90 Å². The van der Waals surface area contributed by atoms with Crippen LogP contribution in [0.3, 0.4) is 0 Å². The molecule has 0 N–H and O–H groups in total. The molecule has 0 aromatic carbocycles. The average Bonchev–Trinajstić information content (AvgIpc) is 3.07. The summed E-state index contributed by atoms with van der Waals surface area (Å²) in [6, 6.07) is 0. The topological polar surface area (TPSA) is 55.8 Å². The first-order valence-electron chi connectivity index (χ1n) is 21.2. The number of rotatable bonds is 39. The van der Waals surface area contributed by atoms with Gasteiger partial charge in [-0.1, -0.05) is 162 Å². The molecule has 5 nitrogen and oxygen atoms in total. The smallest absolute Gasteiger partial charge is 0.305 e. The van der Waals surface area contributed by atoms with E-state index in [9.17, 15) is 9.59 Å². The standard InChI is InChI=1S/C43H85NO4/c1-6-8-10-12-14-16-22-28-34-43(33-27-21-15-13-11-9-7-2,35-29-23-17-19-25-31-41(3)45)36-30-24-18-20-26-32-42(46)48-40-38-44(4)37-39-47-5/h6-40H2,1-5H3. The lowest BCUT2D eigenvalue weighted by atomic mass is 9.70. The Balaban J connectivity index is 4.84. The monoisotopic (exact) mass is 680 g/mol. The zero-order chi connectivity index (χ0) is 35.4. The number of unbranched alkanes of at least 4 members (excludes halogenated alkanes) is 21. The van der Waals surface area contributed by atoms with E-state index < -0.39 is 0 Å². The molecule has 0 fully saturated rings. The van der Waals surface area contributed by atoms with Gasteiger partial charge in [0.15, 0.2) is 0 Å². The number of esters is 1. The second-order valence-electron chi connectivity index (χ2n) is 15.4. The molecule has 0 aliphatic heterocycles. The summed E-state index contributed by atoms with van der Waals surface area (Å²) in [7, 11) is 3.74. The van der Waals surface area contributed by atoms with Gasteiger partial charge in [-0.2, -0.15) is 0 Å². The maximum absolute atomic E-state index is 12.2. The lowest BCUT2D eigenvalue weighted by Crippen LogP contribution is -2.27. The van der Waals surface area contributed by atoms with E-state index in [1.54, 1.807) is 14.0 Å². The maximum Gasteiger partial charge on any atom is 0.305 e. The van der Waals surface area contributed by atoms with Gasteiger partial charge < -0.3 is 19.2 Å². The molecule has 0 spiro atoms. The minimum Gasteiger partial charge on any atom is -0.464 e. The van der Waals surface area contributed by atoms with Crippen LogP contribution in [0.5, 0.6) is 0 Å². The third-order valence-electron chi connectivity index (χ3n) is 10.6. The molecular formula is C43H85NO4. The molecule has 286 valence electrons. The quantitative estimate of drug-likeness (QED) is 0.0478. The van der Waals surface area contributed by atoms with Crippen LogP contribution in [0.4, 0.5) is 0 Å². The second-order valence-corrected chi connectivity index (χ2v) is 15.4. The molecule has 0 aliphatic rings. The van der Waals surface area contributed by atoms with Crippen LogP contribution in [0.25, 0.3) is 0 Å². The van der Waals surface area contributed by atoms with Gasteiger partial charge in [0.2, 0.25) is 0 Å². The number of ketones is 1. The first-order chi connectivity index (χ1) is 23.4. The lowest BCUT2D eigenvalue weighted by Gasteiger charge is -2.35. The first-order valence-corrected chi connectivity index (χ1v) is 21.2. The summed E-state index contributed by atoms with van der Waals surface area (Å²) in [6.07, 6.45) is 40.1. The molecule has 0 rings (SSSR count). The van der Waals surface area contributed by atoms with Crippen LogP contribution in [0, 0.1) is 5.41 Å². The Morgan fingerprint density at radius 1 is 0.500 bits per heavy atom. The Labute approximate surface area is 300 Å². The zero-order valence-corrected chi connectivity index (χ0v) is 33.3. The van der Waals surface area contributed by atoms with Crippen molar-refractivity contribution in [2.75, 3.05) is 40.5 Å². The fraction of sp³-hybridized carbons (Fsp3) is 0.953. The Hall–Kier alpha value is -0.940. The molecule has 0 amide bonds. The van der Waals surface area contributed by atoms with Gasteiger partial charge in [0.05, 0.1) is 6.61 Å². The third-order valence-corrected chi connectivity index (χ3v) is 10.6.